The first-order chi connectivity index (χ1) is 16.2. The van der Waals surface area contributed by atoms with Crippen molar-refractivity contribution in [3.8, 4) is 0 Å². The van der Waals surface area contributed by atoms with Crippen molar-refractivity contribution in [3.63, 3.8) is 0 Å². The van der Waals surface area contributed by atoms with Crippen LogP contribution < -0.4 is 10.0 Å². The zero-order chi connectivity index (χ0) is 24.3. The first-order valence-corrected chi connectivity index (χ1v) is 13.1. The minimum absolute atomic E-state index is 0.0790. The number of aliphatic hydroxyl groups excluding tert-OH is 1. The summed E-state index contributed by atoms with van der Waals surface area (Å²) in [6.45, 7) is 6.13. The number of benzene rings is 2. The molecule has 1 fully saturated rings. The Morgan fingerprint density at radius 2 is 1.88 bits per heavy atom. The van der Waals surface area contributed by atoms with Crippen molar-refractivity contribution in [3.05, 3.63) is 48.0 Å². The number of hydrogen-bond acceptors (Lipinski definition) is 6. The van der Waals surface area contributed by atoms with Gasteiger partial charge in [0.1, 0.15) is 4.90 Å². The van der Waals surface area contributed by atoms with E-state index in [9.17, 15) is 18.3 Å². The van der Waals surface area contributed by atoms with Crippen LogP contribution in [0.25, 0.3) is 0 Å². The van der Waals surface area contributed by atoms with E-state index in [2.05, 4.69) is 28.9 Å². The smallest absolute Gasteiger partial charge is 0.264 e. The van der Waals surface area contributed by atoms with Gasteiger partial charge >= 0.3 is 0 Å². The topological polar surface area (TPSA) is 111 Å². The molecule has 9 heteroatoms. The van der Waals surface area contributed by atoms with E-state index in [-0.39, 0.29) is 22.8 Å². The van der Waals surface area contributed by atoms with Crippen LogP contribution in [0.3, 0.4) is 0 Å². The second-order valence-electron chi connectivity index (χ2n) is 9.57. The standard InChI is InChI=1S/C25H32N4O4S/c1-18(2)16-25(17-30)10-14-29(15-11-25)24(31)19-6-8-20(9-7-19)28-34(32,33)22-5-3-4-21-23(22)27-13-12-26-21/h3-9,12,18,27-28,30H,10-11,13-17H2,1-2H3. The minimum atomic E-state index is -3.84. The number of piperidine rings is 1. The molecule has 1 amide bonds. The summed E-state index contributed by atoms with van der Waals surface area (Å²) in [6.07, 6.45) is 4.21. The maximum absolute atomic E-state index is 13.0. The molecular formula is C25H32N4O4S. The van der Waals surface area contributed by atoms with Crippen LogP contribution >= 0.6 is 0 Å². The molecular weight excluding hydrogens is 452 g/mol. The number of amides is 1. The van der Waals surface area contributed by atoms with Gasteiger partial charge in [0.05, 0.1) is 17.9 Å². The van der Waals surface area contributed by atoms with Crippen LogP contribution in [-0.4, -0.2) is 56.8 Å². The fourth-order valence-corrected chi connectivity index (χ4v) is 6.13. The van der Waals surface area contributed by atoms with Crippen LogP contribution in [0.4, 0.5) is 17.1 Å². The van der Waals surface area contributed by atoms with E-state index in [1.165, 1.54) is 6.07 Å². The van der Waals surface area contributed by atoms with Crippen LogP contribution in [0, 0.1) is 11.3 Å². The first kappa shape index (κ1) is 24.2. The Morgan fingerprint density at radius 3 is 2.53 bits per heavy atom. The van der Waals surface area contributed by atoms with Crippen molar-refractivity contribution in [2.75, 3.05) is 36.3 Å². The lowest BCUT2D eigenvalue weighted by atomic mass is 9.73. The highest BCUT2D eigenvalue weighted by Gasteiger charge is 2.36. The molecule has 2 heterocycles. The molecule has 0 bridgehead atoms. The number of aliphatic hydroxyl groups is 1. The van der Waals surface area contributed by atoms with E-state index in [1.54, 1.807) is 42.6 Å². The van der Waals surface area contributed by atoms with Gasteiger partial charge in [-0.1, -0.05) is 19.9 Å². The summed E-state index contributed by atoms with van der Waals surface area (Å²) in [6, 6.07) is 11.4. The van der Waals surface area contributed by atoms with Crippen molar-refractivity contribution in [2.24, 2.45) is 16.3 Å². The molecule has 0 atom stereocenters. The Bertz CT molecular complexity index is 1170. The van der Waals surface area contributed by atoms with Gasteiger partial charge in [0.2, 0.25) is 0 Å². The predicted octanol–water partition coefficient (Wildman–Crippen LogP) is 3.88. The Kier molecular flexibility index (Phi) is 6.95. The largest absolute Gasteiger partial charge is 0.396 e. The molecule has 8 nitrogen and oxygen atoms in total. The van der Waals surface area contributed by atoms with Gasteiger partial charge in [0.15, 0.2) is 0 Å². The molecule has 0 aromatic heterocycles. The maximum atomic E-state index is 13.0. The second kappa shape index (κ2) is 9.76. The highest BCUT2D eigenvalue weighted by molar-refractivity contribution is 7.92. The number of rotatable bonds is 7. The van der Waals surface area contributed by atoms with Gasteiger partial charge in [0, 0.05) is 37.2 Å². The number of anilines is 2. The van der Waals surface area contributed by atoms with Crippen molar-refractivity contribution in [1.82, 2.24) is 4.90 Å². The molecule has 2 aliphatic rings. The lowest BCUT2D eigenvalue weighted by Gasteiger charge is -2.41. The minimum Gasteiger partial charge on any atom is -0.396 e. The van der Waals surface area contributed by atoms with Crippen LogP contribution in [0.15, 0.2) is 52.4 Å². The summed E-state index contributed by atoms with van der Waals surface area (Å²) < 4.78 is 28.6. The van der Waals surface area contributed by atoms with Gasteiger partial charge in [-0.25, -0.2) is 8.42 Å². The van der Waals surface area contributed by atoms with E-state index >= 15 is 0 Å². The number of nitrogens with zero attached hydrogens (tertiary/aromatic N) is 2. The number of hydrogen-bond donors (Lipinski definition) is 3. The molecule has 0 spiro atoms. The first-order valence-electron chi connectivity index (χ1n) is 11.7. The number of likely N-dealkylation sites (tertiary alicyclic amines) is 1. The number of nitrogens with one attached hydrogen (secondary N) is 2. The lowest BCUT2D eigenvalue weighted by Crippen LogP contribution is -2.45. The number of carbonyl (C=O) groups is 1. The van der Waals surface area contributed by atoms with Crippen molar-refractivity contribution < 1.29 is 18.3 Å². The summed E-state index contributed by atoms with van der Waals surface area (Å²) in [4.78, 5) is 19.2. The SMILES string of the molecule is CC(C)CC1(CO)CCN(C(=O)c2ccc(NS(=O)(=O)c3cccc4c3NCC=N4)cc2)CC1. The van der Waals surface area contributed by atoms with E-state index in [4.69, 9.17) is 0 Å². The van der Waals surface area contributed by atoms with Gasteiger partial charge in [-0.05, 0) is 67.0 Å². The summed E-state index contributed by atoms with van der Waals surface area (Å²) >= 11 is 0. The molecule has 0 aliphatic carbocycles. The number of aliphatic imine (C=N–C) groups is 1. The van der Waals surface area contributed by atoms with Crippen molar-refractivity contribution >= 4 is 39.2 Å². The van der Waals surface area contributed by atoms with Crippen LogP contribution in [0.5, 0.6) is 0 Å². The third-order valence-electron chi connectivity index (χ3n) is 6.57. The van der Waals surface area contributed by atoms with E-state index < -0.39 is 10.0 Å². The monoisotopic (exact) mass is 484 g/mol. The second-order valence-corrected chi connectivity index (χ2v) is 11.2. The van der Waals surface area contributed by atoms with E-state index in [1.807, 2.05) is 4.90 Å². The molecule has 34 heavy (non-hydrogen) atoms. The summed E-state index contributed by atoms with van der Waals surface area (Å²) in [5, 5.41) is 13.0. The molecule has 2 aliphatic heterocycles. The molecule has 0 saturated carbocycles. The zero-order valence-corrected chi connectivity index (χ0v) is 20.4. The number of fused-ring (bicyclic) bond motifs is 1. The molecule has 3 N–H and O–H groups in total. The number of sulfonamides is 1. The fraction of sp³-hybridized carbons (Fsp3) is 0.440. The van der Waals surface area contributed by atoms with Gasteiger partial charge in [-0.2, -0.15) is 0 Å². The summed E-state index contributed by atoms with van der Waals surface area (Å²) in [5.41, 5.74) is 1.84. The van der Waals surface area contributed by atoms with Gasteiger partial charge < -0.3 is 15.3 Å². The Balaban J connectivity index is 1.43. The van der Waals surface area contributed by atoms with Crippen molar-refractivity contribution in [1.29, 1.82) is 0 Å². The van der Waals surface area contributed by atoms with Crippen molar-refractivity contribution in [2.45, 2.75) is 38.0 Å². The van der Waals surface area contributed by atoms with Crippen LogP contribution in [0.2, 0.25) is 0 Å². The molecule has 2 aromatic rings. The Hall–Kier alpha value is -2.91. The Morgan fingerprint density at radius 1 is 1.18 bits per heavy atom. The highest BCUT2D eigenvalue weighted by Crippen LogP contribution is 2.38. The highest BCUT2D eigenvalue weighted by atomic mass is 32.2. The van der Waals surface area contributed by atoms with Gasteiger partial charge in [-0.3, -0.25) is 14.5 Å². The lowest BCUT2D eigenvalue weighted by molar-refractivity contribution is 0.0247. The van der Waals surface area contributed by atoms with Crippen LogP contribution in [-0.2, 0) is 10.0 Å². The molecule has 0 unspecified atom stereocenters. The number of carbonyl (C=O) groups excluding carboxylic acids is 1. The van der Waals surface area contributed by atoms with E-state index in [0.29, 0.717) is 48.2 Å². The predicted molar refractivity (Wildman–Crippen MR) is 134 cm³/mol. The normalized spacial score (nSPS) is 17.2. The fourth-order valence-electron chi connectivity index (χ4n) is 4.87. The summed E-state index contributed by atoms with van der Waals surface area (Å²) in [7, 11) is -3.84. The number of para-hydroxylation sites is 1. The van der Waals surface area contributed by atoms with Gasteiger partial charge in [-0.15, -0.1) is 0 Å². The molecule has 4 rings (SSSR count). The van der Waals surface area contributed by atoms with E-state index in [0.717, 1.165) is 19.3 Å². The maximum Gasteiger partial charge on any atom is 0.264 e. The molecule has 1 saturated heterocycles. The summed E-state index contributed by atoms with van der Waals surface area (Å²) in [5.74, 6) is 0.417. The molecule has 182 valence electrons. The van der Waals surface area contributed by atoms with Gasteiger partial charge in [0.25, 0.3) is 15.9 Å². The quantitative estimate of drug-likeness (QED) is 0.552. The zero-order valence-electron chi connectivity index (χ0n) is 19.6. The molecule has 0 radical (unpaired) electrons. The average Bonchev–Trinajstić information content (AvgIpc) is 2.83. The third kappa shape index (κ3) is 5.10. The Labute approximate surface area is 201 Å². The van der Waals surface area contributed by atoms with Crippen LogP contribution in [0.1, 0.15) is 43.5 Å². The average molecular weight is 485 g/mol. The third-order valence-corrected chi connectivity index (χ3v) is 7.99. The molecule has 2 aromatic carbocycles.